The summed E-state index contributed by atoms with van der Waals surface area (Å²) in [4.78, 5) is 14.6. The topological polar surface area (TPSA) is 93.5 Å². The minimum atomic E-state index is -4.04. The fraction of sp³-hybridized carbons (Fsp3) is 0.379. The van der Waals surface area contributed by atoms with Gasteiger partial charge in [-0.25, -0.2) is 13.1 Å². The van der Waals surface area contributed by atoms with E-state index in [-0.39, 0.29) is 11.3 Å². The van der Waals surface area contributed by atoms with E-state index >= 15 is 0 Å². The second kappa shape index (κ2) is 12.3. The van der Waals surface area contributed by atoms with Crippen molar-refractivity contribution in [2.45, 2.75) is 69.5 Å². The quantitative estimate of drug-likeness (QED) is 0.365. The largest absolute Gasteiger partial charge is 0.487 e. The number of hydrogen-bond donors (Lipinski definition) is 1. The number of carbonyl (C=O) groups excluding carboxylic acids is 1. The molecule has 0 fully saturated rings. The first-order valence-electron chi connectivity index (χ1n) is 13.4. The van der Waals surface area contributed by atoms with Gasteiger partial charge in [-0.3, -0.25) is 9.48 Å². The Morgan fingerprint density at radius 1 is 0.974 bits per heavy atom. The average Bonchev–Trinajstić information content (AvgIpc) is 3.34. The molecule has 1 aromatic heterocycles. The van der Waals surface area contributed by atoms with Crippen LogP contribution in [0.25, 0.3) is 0 Å². The summed E-state index contributed by atoms with van der Waals surface area (Å²) in [5, 5.41) is 5.22. The number of benzene rings is 2. The first kappa shape index (κ1) is 27.3. The maximum absolute atomic E-state index is 13.2. The molecular weight excluding hydrogens is 536 g/mol. The highest BCUT2D eigenvalue weighted by Crippen LogP contribution is 2.34. The number of nitrogens with one attached hydrogen (secondary N) is 1. The first-order chi connectivity index (χ1) is 18.9. The lowest BCUT2D eigenvalue weighted by molar-refractivity contribution is -0.119. The third-order valence-corrected chi connectivity index (χ3v) is 8.66. The van der Waals surface area contributed by atoms with Crippen molar-refractivity contribution < 1.29 is 17.9 Å². The van der Waals surface area contributed by atoms with Crippen LogP contribution < -0.4 is 14.4 Å². The molecule has 5 rings (SSSR count). The Kier molecular flexibility index (Phi) is 8.57. The number of ether oxygens (including phenoxy) is 1. The van der Waals surface area contributed by atoms with Crippen LogP contribution >= 0.6 is 11.6 Å². The number of hydrogen-bond acceptors (Lipinski definition) is 6. The van der Waals surface area contributed by atoms with Gasteiger partial charge < -0.3 is 9.64 Å². The number of rotatable bonds is 0. The molecule has 0 spiro atoms. The molecule has 2 aliphatic rings. The average molecular weight is 569 g/mol. The molecule has 0 saturated heterocycles. The Balaban J connectivity index is 1.54. The minimum Gasteiger partial charge on any atom is -0.487 e. The number of anilines is 1. The van der Waals surface area contributed by atoms with E-state index in [9.17, 15) is 13.2 Å². The minimum absolute atomic E-state index is 0.0324. The molecule has 2 aromatic carbocycles. The fourth-order valence-corrected chi connectivity index (χ4v) is 6.20. The van der Waals surface area contributed by atoms with Gasteiger partial charge in [-0.15, -0.1) is 0 Å². The smallest absolute Gasteiger partial charge is 0.264 e. The van der Waals surface area contributed by atoms with Gasteiger partial charge in [-0.2, -0.15) is 5.10 Å². The Labute approximate surface area is 234 Å². The van der Waals surface area contributed by atoms with Gasteiger partial charge in [0.05, 0.1) is 23.3 Å². The Morgan fingerprint density at radius 3 is 2.74 bits per heavy atom. The number of aryl methyl sites for hydroxylation is 1. The summed E-state index contributed by atoms with van der Waals surface area (Å²) < 4.78 is 36.8. The summed E-state index contributed by atoms with van der Waals surface area (Å²) in [7, 11) is -4.04. The summed E-state index contributed by atoms with van der Waals surface area (Å²) in [5.41, 5.74) is 3.89. The highest BCUT2D eigenvalue weighted by Gasteiger charge is 2.23. The fourth-order valence-electron chi connectivity index (χ4n) is 4.98. The van der Waals surface area contributed by atoms with Crippen molar-refractivity contribution in [3.05, 3.63) is 82.7 Å². The maximum atomic E-state index is 13.2. The normalized spacial score (nSPS) is 19.3. The van der Waals surface area contributed by atoms with Gasteiger partial charge in [-0.1, -0.05) is 29.8 Å². The zero-order chi connectivity index (χ0) is 27.2. The van der Waals surface area contributed by atoms with Gasteiger partial charge in [0.25, 0.3) is 10.0 Å². The van der Waals surface area contributed by atoms with E-state index < -0.39 is 15.9 Å². The summed E-state index contributed by atoms with van der Waals surface area (Å²) >= 11 is 6.28. The van der Waals surface area contributed by atoms with Crippen molar-refractivity contribution in [2.24, 2.45) is 0 Å². The van der Waals surface area contributed by atoms with E-state index in [1.54, 1.807) is 12.1 Å². The van der Waals surface area contributed by atoms with E-state index in [0.717, 1.165) is 48.8 Å². The molecule has 0 unspecified atom stereocenters. The van der Waals surface area contributed by atoms with E-state index in [0.29, 0.717) is 49.1 Å². The SMILES string of the molecule is O=C1CCCC/C=C\Cn2cc(cn2)CN2CCCCc3cc(Cl)ccc3COc3ccc(cc32)S(=O)(=O)N1. The molecule has 0 atom stereocenters. The molecule has 0 radical (unpaired) electrons. The molecule has 206 valence electrons. The Bertz CT molecular complexity index is 1470. The third-order valence-electron chi connectivity index (χ3n) is 7.05. The van der Waals surface area contributed by atoms with Crippen LogP contribution in [0.1, 0.15) is 55.2 Å². The molecule has 1 N–H and O–H groups in total. The number of sulfonamides is 1. The number of aromatic nitrogens is 2. The molecule has 10 heteroatoms. The molecule has 39 heavy (non-hydrogen) atoms. The number of carbonyl (C=O) groups is 1. The second-order valence-electron chi connectivity index (χ2n) is 10.0. The van der Waals surface area contributed by atoms with Crippen LogP contribution in [0.4, 0.5) is 5.69 Å². The molecular formula is C29H33ClN4O4S. The van der Waals surface area contributed by atoms with Crippen molar-refractivity contribution in [1.29, 1.82) is 0 Å². The predicted octanol–water partition coefficient (Wildman–Crippen LogP) is 5.39. The molecule has 0 aliphatic carbocycles. The lowest BCUT2D eigenvalue weighted by Crippen LogP contribution is -2.31. The summed E-state index contributed by atoms with van der Waals surface area (Å²) in [5.74, 6) is 0.0792. The molecule has 3 heterocycles. The number of allylic oxidation sites excluding steroid dienone is 2. The zero-order valence-electron chi connectivity index (χ0n) is 21.8. The third kappa shape index (κ3) is 7.02. The van der Waals surface area contributed by atoms with Gasteiger partial charge in [0.2, 0.25) is 5.91 Å². The monoisotopic (exact) mass is 568 g/mol. The number of nitrogens with zero attached hydrogens (tertiary/aromatic N) is 3. The molecule has 0 saturated carbocycles. The van der Waals surface area contributed by atoms with E-state index in [1.807, 2.05) is 35.3 Å². The van der Waals surface area contributed by atoms with Crippen LogP contribution in [-0.2, 0) is 40.9 Å². The lowest BCUT2D eigenvalue weighted by atomic mass is 10.0. The van der Waals surface area contributed by atoms with Crippen LogP contribution in [0.15, 0.2) is 65.8 Å². The first-order valence-corrected chi connectivity index (χ1v) is 15.2. The zero-order valence-corrected chi connectivity index (χ0v) is 23.4. The van der Waals surface area contributed by atoms with Gasteiger partial charge >= 0.3 is 0 Å². The van der Waals surface area contributed by atoms with Gasteiger partial charge in [0.15, 0.2) is 0 Å². The van der Waals surface area contributed by atoms with Crippen molar-refractivity contribution in [1.82, 2.24) is 14.5 Å². The van der Waals surface area contributed by atoms with Crippen molar-refractivity contribution in [3.63, 3.8) is 0 Å². The number of halogens is 1. The summed E-state index contributed by atoms with van der Waals surface area (Å²) in [6.45, 7) is 2.23. The summed E-state index contributed by atoms with van der Waals surface area (Å²) in [6, 6.07) is 10.6. The predicted molar refractivity (Wildman–Crippen MR) is 151 cm³/mol. The number of amides is 1. The van der Waals surface area contributed by atoms with Gasteiger partial charge in [-0.05, 0) is 80.0 Å². The standard InChI is InChI=1S/C29H33ClN4O4S/c30-25-11-10-24-21-38-28-13-12-26-17-27(28)33(14-7-5-8-23(24)16-25)19-22-18-31-34(20-22)15-6-3-1-2-4-9-29(35)32-39(26,36)37/h3,6,10-13,16-18,20H,1-2,4-5,7-9,14-15,19,21H2,(H,32,35)/b6-3-. The van der Waals surface area contributed by atoms with E-state index in [4.69, 9.17) is 16.3 Å². The van der Waals surface area contributed by atoms with Crippen molar-refractivity contribution in [2.75, 3.05) is 11.4 Å². The molecule has 8 nitrogen and oxygen atoms in total. The van der Waals surface area contributed by atoms with Crippen LogP contribution in [0.3, 0.4) is 0 Å². The molecule has 2 aliphatic heterocycles. The van der Waals surface area contributed by atoms with Crippen molar-refractivity contribution >= 4 is 33.2 Å². The highest BCUT2D eigenvalue weighted by atomic mass is 35.5. The lowest BCUT2D eigenvalue weighted by Gasteiger charge is -2.27. The van der Waals surface area contributed by atoms with Crippen LogP contribution in [0, 0.1) is 0 Å². The van der Waals surface area contributed by atoms with Crippen LogP contribution in [0.5, 0.6) is 5.75 Å². The Hall–Kier alpha value is -3.30. The highest BCUT2D eigenvalue weighted by molar-refractivity contribution is 7.90. The van der Waals surface area contributed by atoms with Gasteiger partial charge in [0, 0.05) is 36.3 Å². The van der Waals surface area contributed by atoms with E-state index in [1.165, 1.54) is 6.07 Å². The maximum Gasteiger partial charge on any atom is 0.264 e. The van der Waals surface area contributed by atoms with Crippen LogP contribution in [0.2, 0.25) is 5.02 Å². The molecule has 3 aromatic rings. The van der Waals surface area contributed by atoms with E-state index in [2.05, 4.69) is 26.9 Å². The molecule has 4 bridgehead atoms. The number of fused-ring (bicyclic) bond motifs is 4. The van der Waals surface area contributed by atoms with Gasteiger partial charge in [0.1, 0.15) is 12.4 Å². The summed E-state index contributed by atoms with van der Waals surface area (Å²) in [6.07, 6.45) is 13.1. The van der Waals surface area contributed by atoms with Crippen LogP contribution in [-0.4, -0.2) is 30.7 Å². The second-order valence-corrected chi connectivity index (χ2v) is 12.1. The van der Waals surface area contributed by atoms with Crippen molar-refractivity contribution in [3.8, 4) is 5.75 Å². The molecule has 1 amide bonds. The Morgan fingerprint density at radius 2 is 1.85 bits per heavy atom.